The average molecular weight is 527 g/mol. The number of hydrogen-bond donors (Lipinski definition) is 1. The van der Waals surface area contributed by atoms with Crippen molar-refractivity contribution in [1.29, 1.82) is 0 Å². The van der Waals surface area contributed by atoms with Gasteiger partial charge in [0, 0.05) is 0 Å². The van der Waals surface area contributed by atoms with Crippen LogP contribution in [0.2, 0.25) is 0 Å². The second-order valence-electron chi connectivity index (χ2n) is 5.63. The fourth-order valence-electron chi connectivity index (χ4n) is 2.47. The van der Waals surface area contributed by atoms with Gasteiger partial charge in [-0.1, -0.05) is 42.2 Å². The molecule has 1 heterocycles. The van der Waals surface area contributed by atoms with Crippen LogP contribution < -0.4 is 19.5 Å². The van der Waals surface area contributed by atoms with Crippen molar-refractivity contribution >= 4 is 62.9 Å². The Morgan fingerprint density at radius 3 is 2.57 bits per heavy atom. The van der Waals surface area contributed by atoms with Crippen molar-refractivity contribution in [1.82, 2.24) is 5.32 Å². The van der Waals surface area contributed by atoms with Crippen molar-refractivity contribution in [3.63, 3.8) is 0 Å². The van der Waals surface area contributed by atoms with E-state index in [1.807, 2.05) is 49.4 Å². The summed E-state index contributed by atoms with van der Waals surface area (Å²) in [6.45, 7) is 3.23. The van der Waals surface area contributed by atoms with Crippen molar-refractivity contribution in [2.75, 3.05) is 19.8 Å². The highest BCUT2D eigenvalue weighted by atomic mass is 127. The topological polar surface area (TPSA) is 56.8 Å². The SMILES string of the molecule is CCOc1cc(C=C2SC(=S)NC2=O)cc(I)c1OCCOc1ccccc1. The van der Waals surface area contributed by atoms with Gasteiger partial charge in [0.15, 0.2) is 11.5 Å². The third kappa shape index (κ3) is 5.62. The van der Waals surface area contributed by atoms with Crippen molar-refractivity contribution in [2.24, 2.45) is 0 Å². The minimum absolute atomic E-state index is 0.179. The summed E-state index contributed by atoms with van der Waals surface area (Å²) < 4.78 is 18.7. The van der Waals surface area contributed by atoms with Gasteiger partial charge < -0.3 is 19.5 Å². The molecule has 1 fully saturated rings. The highest BCUT2D eigenvalue weighted by molar-refractivity contribution is 14.1. The molecule has 0 spiro atoms. The first-order valence-electron chi connectivity index (χ1n) is 8.58. The lowest BCUT2D eigenvalue weighted by Gasteiger charge is -2.15. The molecule has 1 N–H and O–H groups in total. The number of rotatable bonds is 8. The fourth-order valence-corrected chi connectivity index (χ4v) is 4.29. The third-order valence-corrected chi connectivity index (χ3v) is 5.58. The zero-order valence-corrected chi connectivity index (χ0v) is 18.9. The van der Waals surface area contributed by atoms with E-state index in [1.54, 1.807) is 6.08 Å². The van der Waals surface area contributed by atoms with E-state index in [9.17, 15) is 4.79 Å². The van der Waals surface area contributed by atoms with E-state index in [-0.39, 0.29) is 5.91 Å². The Morgan fingerprint density at radius 1 is 1.14 bits per heavy atom. The van der Waals surface area contributed by atoms with Crippen LogP contribution in [-0.4, -0.2) is 30.0 Å². The molecule has 0 saturated carbocycles. The summed E-state index contributed by atoms with van der Waals surface area (Å²) in [4.78, 5) is 12.4. The van der Waals surface area contributed by atoms with Crippen LogP contribution in [0.5, 0.6) is 17.2 Å². The molecule has 0 atom stereocenters. The molecule has 1 amide bonds. The molecule has 0 aromatic heterocycles. The second-order valence-corrected chi connectivity index (χ2v) is 8.51. The maximum atomic E-state index is 11.9. The maximum absolute atomic E-state index is 11.9. The summed E-state index contributed by atoms with van der Waals surface area (Å²) >= 11 is 8.49. The van der Waals surface area contributed by atoms with Gasteiger partial charge in [0.1, 0.15) is 23.3 Å². The highest BCUT2D eigenvalue weighted by Gasteiger charge is 2.22. The fraction of sp³-hybridized carbons (Fsp3) is 0.200. The van der Waals surface area contributed by atoms with Gasteiger partial charge in [0.2, 0.25) is 0 Å². The lowest BCUT2D eigenvalue weighted by atomic mass is 10.2. The van der Waals surface area contributed by atoms with Crippen LogP contribution in [0.4, 0.5) is 0 Å². The molecular formula is C20H18INO4S2. The lowest BCUT2D eigenvalue weighted by Crippen LogP contribution is -2.17. The van der Waals surface area contributed by atoms with Gasteiger partial charge in [-0.25, -0.2) is 0 Å². The molecule has 0 unspecified atom stereocenters. The molecule has 1 aliphatic heterocycles. The van der Waals surface area contributed by atoms with Gasteiger partial charge in [0.25, 0.3) is 5.91 Å². The van der Waals surface area contributed by atoms with Crippen LogP contribution in [-0.2, 0) is 4.79 Å². The van der Waals surface area contributed by atoms with E-state index >= 15 is 0 Å². The van der Waals surface area contributed by atoms with Crippen molar-refractivity contribution < 1.29 is 19.0 Å². The summed E-state index contributed by atoms with van der Waals surface area (Å²) in [6.07, 6.45) is 1.80. The van der Waals surface area contributed by atoms with Crippen LogP contribution in [0, 0.1) is 3.57 Å². The molecule has 1 saturated heterocycles. The number of ether oxygens (including phenoxy) is 3. The molecule has 146 valence electrons. The molecule has 1 aliphatic rings. The zero-order chi connectivity index (χ0) is 19.9. The number of carbonyl (C=O) groups excluding carboxylic acids is 1. The zero-order valence-electron chi connectivity index (χ0n) is 15.1. The number of para-hydroxylation sites is 1. The van der Waals surface area contributed by atoms with E-state index in [2.05, 4.69) is 27.9 Å². The number of hydrogen-bond acceptors (Lipinski definition) is 6. The van der Waals surface area contributed by atoms with E-state index in [4.69, 9.17) is 26.4 Å². The molecule has 0 aliphatic carbocycles. The highest BCUT2D eigenvalue weighted by Crippen LogP contribution is 2.36. The van der Waals surface area contributed by atoms with Gasteiger partial charge in [-0.3, -0.25) is 4.79 Å². The van der Waals surface area contributed by atoms with Gasteiger partial charge in [-0.05, 0) is 65.4 Å². The summed E-state index contributed by atoms with van der Waals surface area (Å²) in [5, 5.41) is 2.62. The number of thiocarbonyl (C=S) groups is 1. The Bertz CT molecular complexity index is 903. The molecular weight excluding hydrogens is 509 g/mol. The van der Waals surface area contributed by atoms with Crippen molar-refractivity contribution in [2.45, 2.75) is 6.92 Å². The van der Waals surface area contributed by atoms with Crippen LogP contribution >= 0.6 is 46.6 Å². The number of nitrogens with one attached hydrogen (secondary N) is 1. The molecule has 8 heteroatoms. The normalized spacial score (nSPS) is 14.9. The molecule has 3 rings (SSSR count). The first kappa shape index (κ1) is 20.9. The number of amides is 1. The first-order chi connectivity index (χ1) is 13.6. The Hall–Kier alpha value is -1.78. The van der Waals surface area contributed by atoms with E-state index in [1.165, 1.54) is 11.8 Å². The van der Waals surface area contributed by atoms with Crippen molar-refractivity contribution in [3.8, 4) is 17.2 Å². The minimum Gasteiger partial charge on any atom is -0.490 e. The van der Waals surface area contributed by atoms with Gasteiger partial charge in [0.05, 0.1) is 15.1 Å². The summed E-state index contributed by atoms with van der Waals surface area (Å²) in [5.74, 6) is 1.92. The largest absolute Gasteiger partial charge is 0.490 e. The van der Waals surface area contributed by atoms with Gasteiger partial charge in [-0.2, -0.15) is 0 Å². The van der Waals surface area contributed by atoms with Crippen LogP contribution in [0.25, 0.3) is 6.08 Å². The van der Waals surface area contributed by atoms with Gasteiger partial charge >= 0.3 is 0 Å². The summed E-state index contributed by atoms with van der Waals surface area (Å²) in [6, 6.07) is 13.4. The molecule has 28 heavy (non-hydrogen) atoms. The Kier molecular flexibility index (Phi) is 7.57. The van der Waals surface area contributed by atoms with E-state index < -0.39 is 0 Å². The first-order valence-corrected chi connectivity index (χ1v) is 10.9. The number of halogens is 1. The maximum Gasteiger partial charge on any atom is 0.263 e. The molecule has 0 radical (unpaired) electrons. The van der Waals surface area contributed by atoms with Crippen molar-refractivity contribution in [3.05, 3.63) is 56.5 Å². The standard InChI is InChI=1S/C20H18INO4S2/c1-2-24-16-11-13(12-17-19(23)22-20(27)28-17)10-15(21)18(16)26-9-8-25-14-6-4-3-5-7-14/h3-7,10-12H,2,8-9H2,1H3,(H,22,23,27). The minimum atomic E-state index is -0.179. The average Bonchev–Trinajstić information content (AvgIpc) is 2.98. The predicted octanol–water partition coefficient (Wildman–Crippen LogP) is 4.64. The van der Waals surface area contributed by atoms with Crippen LogP contribution in [0.1, 0.15) is 12.5 Å². The van der Waals surface area contributed by atoms with E-state index in [0.717, 1.165) is 14.9 Å². The Labute approximate surface area is 187 Å². The monoisotopic (exact) mass is 527 g/mol. The number of carbonyl (C=O) groups is 1. The third-order valence-electron chi connectivity index (χ3n) is 3.61. The molecule has 0 bridgehead atoms. The van der Waals surface area contributed by atoms with Crippen LogP contribution in [0.3, 0.4) is 0 Å². The Morgan fingerprint density at radius 2 is 1.89 bits per heavy atom. The van der Waals surface area contributed by atoms with Gasteiger partial charge in [-0.15, -0.1) is 0 Å². The summed E-state index contributed by atoms with van der Waals surface area (Å²) in [7, 11) is 0. The predicted molar refractivity (Wildman–Crippen MR) is 124 cm³/mol. The molecule has 2 aromatic carbocycles. The van der Waals surface area contributed by atoms with Crippen LogP contribution in [0.15, 0.2) is 47.4 Å². The Balaban J connectivity index is 1.71. The smallest absolute Gasteiger partial charge is 0.263 e. The number of thioether (sulfide) groups is 1. The lowest BCUT2D eigenvalue weighted by molar-refractivity contribution is -0.115. The summed E-state index contributed by atoms with van der Waals surface area (Å²) in [5.41, 5.74) is 0.850. The second kappa shape index (κ2) is 10.1. The quantitative estimate of drug-likeness (QED) is 0.234. The number of benzene rings is 2. The molecule has 5 nitrogen and oxygen atoms in total. The van der Waals surface area contributed by atoms with E-state index in [0.29, 0.717) is 40.5 Å². The molecule has 2 aromatic rings.